The lowest BCUT2D eigenvalue weighted by Gasteiger charge is -2.18. The van der Waals surface area contributed by atoms with Gasteiger partial charge in [0.1, 0.15) is 22.8 Å². The highest BCUT2D eigenvalue weighted by Crippen LogP contribution is 2.41. The van der Waals surface area contributed by atoms with Crippen LogP contribution in [0.2, 0.25) is 0 Å². The summed E-state index contributed by atoms with van der Waals surface area (Å²) in [5.41, 5.74) is 13.2. The minimum absolute atomic E-state index is 0.00849. The maximum atomic E-state index is 12.5. The van der Waals surface area contributed by atoms with Gasteiger partial charge in [-0.05, 0) is 38.3 Å². The molecule has 0 saturated heterocycles. The molecule has 5 N–H and O–H groups in total. The van der Waals surface area contributed by atoms with Crippen LogP contribution < -0.4 is 16.8 Å². The maximum Gasteiger partial charge on any atom is 0.254 e. The van der Waals surface area contributed by atoms with Crippen molar-refractivity contribution >= 4 is 23.5 Å². The molecule has 0 spiro atoms. The second-order valence-electron chi connectivity index (χ2n) is 9.13. The fourth-order valence-electron chi connectivity index (χ4n) is 4.33. The number of pyridine rings is 1. The van der Waals surface area contributed by atoms with E-state index in [1.807, 2.05) is 19.9 Å². The zero-order chi connectivity index (χ0) is 23.8. The number of rotatable bonds is 7. The first kappa shape index (κ1) is 22.5. The Balaban J connectivity index is 1.45. The number of amides is 2. The Labute approximate surface area is 191 Å². The zero-order valence-corrected chi connectivity index (χ0v) is 19.1. The van der Waals surface area contributed by atoms with Crippen molar-refractivity contribution in [1.82, 2.24) is 19.9 Å². The summed E-state index contributed by atoms with van der Waals surface area (Å²) in [6, 6.07) is 5.21. The SMILES string of the molecule is CC(C)n1nc(-c2ccc(CC(=O)Nc3cc(C4(C)CCCC4)on3)cn2)c(C(N)=O)c1N. The number of hydrogen-bond acceptors (Lipinski definition) is 7. The first-order valence-electron chi connectivity index (χ1n) is 11.1. The standard InChI is InChI=1S/C23H29N7O3/c1-13(2)30-21(24)19(22(25)32)20(28-30)15-7-6-14(12-26-15)10-18(31)27-17-11-16(33-29-17)23(3)8-4-5-9-23/h6-7,11-13H,4-5,8-10,24H2,1-3H3,(H2,25,32)(H,27,29,31). The van der Waals surface area contributed by atoms with E-state index in [-0.39, 0.29) is 35.2 Å². The van der Waals surface area contributed by atoms with Crippen molar-refractivity contribution in [3.63, 3.8) is 0 Å². The molecule has 0 atom stereocenters. The van der Waals surface area contributed by atoms with Crippen molar-refractivity contribution in [1.29, 1.82) is 0 Å². The van der Waals surface area contributed by atoms with Gasteiger partial charge in [-0.1, -0.05) is 31.0 Å². The van der Waals surface area contributed by atoms with Crippen molar-refractivity contribution in [2.75, 3.05) is 11.1 Å². The molecule has 0 radical (unpaired) electrons. The fraction of sp³-hybridized carbons (Fsp3) is 0.435. The summed E-state index contributed by atoms with van der Waals surface area (Å²) in [5, 5.41) is 11.2. The maximum absolute atomic E-state index is 12.5. The Morgan fingerprint density at radius 3 is 2.61 bits per heavy atom. The number of nitrogens with zero attached hydrogens (tertiary/aromatic N) is 4. The molecule has 0 bridgehead atoms. The summed E-state index contributed by atoms with van der Waals surface area (Å²) in [4.78, 5) is 28.8. The van der Waals surface area contributed by atoms with Gasteiger partial charge in [-0.25, -0.2) is 4.68 Å². The van der Waals surface area contributed by atoms with Crippen LogP contribution in [0.4, 0.5) is 11.6 Å². The molecule has 1 aliphatic rings. The molecule has 1 saturated carbocycles. The van der Waals surface area contributed by atoms with Gasteiger partial charge in [-0.3, -0.25) is 14.6 Å². The van der Waals surface area contributed by atoms with Crippen LogP contribution in [-0.4, -0.2) is 31.7 Å². The highest BCUT2D eigenvalue weighted by atomic mass is 16.5. The number of carbonyl (C=O) groups excluding carboxylic acids is 2. The lowest BCUT2D eigenvalue weighted by molar-refractivity contribution is -0.115. The Morgan fingerprint density at radius 2 is 2.00 bits per heavy atom. The molecule has 3 aromatic heterocycles. The summed E-state index contributed by atoms with van der Waals surface area (Å²) in [7, 11) is 0. The molecule has 10 nitrogen and oxygen atoms in total. The molecule has 174 valence electrons. The Morgan fingerprint density at radius 1 is 1.27 bits per heavy atom. The Hall–Kier alpha value is -3.69. The van der Waals surface area contributed by atoms with Gasteiger partial charge in [0.2, 0.25) is 5.91 Å². The van der Waals surface area contributed by atoms with Crippen LogP contribution in [0, 0.1) is 0 Å². The van der Waals surface area contributed by atoms with Crippen molar-refractivity contribution in [3.8, 4) is 11.4 Å². The lowest BCUT2D eigenvalue weighted by Crippen LogP contribution is -2.16. The van der Waals surface area contributed by atoms with Gasteiger partial charge < -0.3 is 21.3 Å². The summed E-state index contributed by atoms with van der Waals surface area (Å²) in [6.45, 7) is 5.97. The van der Waals surface area contributed by atoms with Crippen LogP contribution in [0.5, 0.6) is 0 Å². The molecular weight excluding hydrogens is 422 g/mol. The third-order valence-electron chi connectivity index (χ3n) is 6.19. The van der Waals surface area contributed by atoms with Gasteiger partial charge in [-0.2, -0.15) is 5.10 Å². The van der Waals surface area contributed by atoms with E-state index in [4.69, 9.17) is 16.0 Å². The summed E-state index contributed by atoms with van der Waals surface area (Å²) in [6.07, 6.45) is 6.15. The monoisotopic (exact) mass is 451 g/mol. The van der Waals surface area contributed by atoms with Gasteiger partial charge in [-0.15, -0.1) is 0 Å². The molecule has 33 heavy (non-hydrogen) atoms. The van der Waals surface area contributed by atoms with Crippen LogP contribution in [0.25, 0.3) is 11.4 Å². The molecular formula is C23H29N7O3. The number of aromatic nitrogens is 4. The summed E-state index contributed by atoms with van der Waals surface area (Å²) < 4.78 is 7.03. The molecule has 0 aliphatic heterocycles. The van der Waals surface area contributed by atoms with Crippen molar-refractivity contribution in [3.05, 3.63) is 41.3 Å². The van der Waals surface area contributed by atoms with Gasteiger partial charge in [0.25, 0.3) is 5.91 Å². The van der Waals surface area contributed by atoms with Crippen LogP contribution >= 0.6 is 0 Å². The molecule has 2 amide bonds. The van der Waals surface area contributed by atoms with Gasteiger partial charge in [0, 0.05) is 23.7 Å². The molecule has 3 aromatic rings. The van der Waals surface area contributed by atoms with Gasteiger partial charge in [0.15, 0.2) is 5.82 Å². The molecule has 3 heterocycles. The number of primary amides is 1. The fourth-order valence-corrected chi connectivity index (χ4v) is 4.33. The summed E-state index contributed by atoms with van der Waals surface area (Å²) >= 11 is 0. The number of nitrogen functional groups attached to an aromatic ring is 1. The van der Waals surface area contributed by atoms with Crippen LogP contribution in [0.3, 0.4) is 0 Å². The third-order valence-corrected chi connectivity index (χ3v) is 6.19. The van der Waals surface area contributed by atoms with E-state index in [9.17, 15) is 9.59 Å². The van der Waals surface area contributed by atoms with E-state index in [1.165, 1.54) is 17.5 Å². The Bertz CT molecular complexity index is 1170. The molecule has 10 heteroatoms. The van der Waals surface area contributed by atoms with Crippen molar-refractivity contribution < 1.29 is 14.1 Å². The third kappa shape index (κ3) is 4.46. The van der Waals surface area contributed by atoms with E-state index in [0.717, 1.165) is 18.6 Å². The molecule has 0 unspecified atom stereocenters. The number of nitrogens with two attached hydrogens (primary N) is 2. The predicted molar refractivity (Wildman–Crippen MR) is 123 cm³/mol. The normalized spacial score (nSPS) is 15.2. The number of hydrogen-bond donors (Lipinski definition) is 3. The lowest BCUT2D eigenvalue weighted by atomic mass is 9.86. The van der Waals surface area contributed by atoms with Crippen LogP contribution in [0.15, 0.2) is 28.9 Å². The number of carbonyl (C=O) groups is 2. The van der Waals surface area contributed by atoms with E-state index in [1.54, 1.807) is 18.3 Å². The van der Waals surface area contributed by atoms with E-state index in [2.05, 4.69) is 27.5 Å². The molecule has 4 rings (SSSR count). The second kappa shape index (κ2) is 8.68. The largest absolute Gasteiger partial charge is 0.383 e. The quantitative estimate of drug-likeness (QED) is 0.498. The van der Waals surface area contributed by atoms with Gasteiger partial charge >= 0.3 is 0 Å². The zero-order valence-electron chi connectivity index (χ0n) is 19.1. The summed E-state index contributed by atoms with van der Waals surface area (Å²) in [5.74, 6) is 0.529. The molecule has 0 aromatic carbocycles. The highest BCUT2D eigenvalue weighted by Gasteiger charge is 2.34. The number of nitrogens with one attached hydrogen (secondary N) is 1. The molecule has 1 aliphatic carbocycles. The first-order valence-corrected chi connectivity index (χ1v) is 11.1. The smallest absolute Gasteiger partial charge is 0.254 e. The molecule has 1 fully saturated rings. The van der Waals surface area contributed by atoms with E-state index < -0.39 is 5.91 Å². The van der Waals surface area contributed by atoms with E-state index >= 15 is 0 Å². The minimum Gasteiger partial charge on any atom is -0.383 e. The van der Waals surface area contributed by atoms with Crippen LogP contribution in [-0.2, 0) is 16.6 Å². The van der Waals surface area contributed by atoms with Crippen LogP contribution in [0.1, 0.15) is 74.2 Å². The Kier molecular flexibility index (Phi) is 5.92. The average molecular weight is 452 g/mol. The second-order valence-corrected chi connectivity index (χ2v) is 9.13. The first-order chi connectivity index (χ1) is 15.7. The number of anilines is 2. The highest BCUT2D eigenvalue weighted by molar-refractivity contribution is 6.03. The van der Waals surface area contributed by atoms with Gasteiger partial charge in [0.05, 0.1) is 12.1 Å². The minimum atomic E-state index is -0.668. The van der Waals surface area contributed by atoms with Crippen molar-refractivity contribution in [2.45, 2.75) is 64.3 Å². The predicted octanol–water partition coefficient (Wildman–Crippen LogP) is 3.21. The average Bonchev–Trinajstić information content (AvgIpc) is 3.48. The van der Waals surface area contributed by atoms with E-state index in [0.29, 0.717) is 22.8 Å². The van der Waals surface area contributed by atoms with Crippen molar-refractivity contribution in [2.24, 2.45) is 5.73 Å². The topological polar surface area (TPSA) is 155 Å².